The minimum absolute atomic E-state index is 0.0789. The highest BCUT2D eigenvalue weighted by molar-refractivity contribution is 9.10. The van der Waals surface area contributed by atoms with Gasteiger partial charge in [-0.2, -0.15) is 0 Å². The predicted molar refractivity (Wildman–Crippen MR) is 109 cm³/mol. The number of benzene rings is 2. The highest BCUT2D eigenvalue weighted by Gasteiger charge is 2.20. The van der Waals surface area contributed by atoms with Crippen molar-refractivity contribution in [1.82, 2.24) is 4.57 Å². The Hall–Kier alpha value is -3.39. The first-order valence-corrected chi connectivity index (χ1v) is 9.21. The zero-order valence-electron chi connectivity index (χ0n) is 15.0. The van der Waals surface area contributed by atoms with Crippen LogP contribution in [0.15, 0.2) is 73.1 Å². The zero-order valence-corrected chi connectivity index (χ0v) is 16.6. The van der Waals surface area contributed by atoms with Gasteiger partial charge in [-0.25, -0.2) is 9.18 Å². The van der Waals surface area contributed by atoms with E-state index < -0.39 is 22.8 Å². The largest absolute Gasteiger partial charge is 0.506 e. The van der Waals surface area contributed by atoms with Gasteiger partial charge in [-0.3, -0.25) is 9.36 Å². The minimum atomic E-state index is -0.818. The van der Waals surface area contributed by atoms with Crippen LogP contribution in [0.5, 0.6) is 11.5 Å². The number of fused-ring (bicyclic) bond motifs is 1. The normalized spacial score (nSPS) is 11.0. The molecule has 0 saturated carbocycles. The summed E-state index contributed by atoms with van der Waals surface area (Å²) in [6.45, 7) is 0. The van der Waals surface area contributed by atoms with Gasteiger partial charge < -0.3 is 14.3 Å². The lowest BCUT2D eigenvalue weighted by molar-refractivity contribution is 0.414. The fourth-order valence-corrected chi connectivity index (χ4v) is 3.34. The average Bonchev–Trinajstić information content (AvgIpc) is 2.72. The Morgan fingerprint density at radius 3 is 2.34 bits per heavy atom. The van der Waals surface area contributed by atoms with Crippen LogP contribution in [0.2, 0.25) is 0 Å². The summed E-state index contributed by atoms with van der Waals surface area (Å²) in [6.07, 6.45) is 0. The molecule has 4 rings (SSSR count). The zero-order chi connectivity index (χ0) is 20.7. The van der Waals surface area contributed by atoms with E-state index in [2.05, 4.69) is 15.9 Å². The molecule has 0 saturated heterocycles. The van der Waals surface area contributed by atoms with Crippen molar-refractivity contribution < 1.29 is 18.7 Å². The Bertz CT molecular complexity index is 1340. The fraction of sp³-hybridized carbons (Fsp3) is 0.0476. The predicted octanol–water partition coefficient (Wildman–Crippen LogP) is 4.23. The highest BCUT2D eigenvalue weighted by atomic mass is 79.9. The van der Waals surface area contributed by atoms with E-state index in [1.165, 1.54) is 42.0 Å². The first-order valence-electron chi connectivity index (χ1n) is 8.42. The molecule has 0 unspecified atom stereocenters. The number of aromatic nitrogens is 1. The molecule has 0 atom stereocenters. The van der Waals surface area contributed by atoms with E-state index in [-0.39, 0.29) is 15.4 Å². The Morgan fingerprint density at radius 1 is 1.07 bits per heavy atom. The van der Waals surface area contributed by atoms with E-state index in [4.69, 9.17) is 9.15 Å². The summed E-state index contributed by atoms with van der Waals surface area (Å²) in [5.74, 6) is -0.335. The van der Waals surface area contributed by atoms with Gasteiger partial charge in [-0.1, -0.05) is 0 Å². The van der Waals surface area contributed by atoms with Crippen LogP contribution in [-0.2, 0) is 0 Å². The molecule has 0 radical (unpaired) electrons. The first-order chi connectivity index (χ1) is 13.9. The molecule has 0 amide bonds. The Kier molecular flexibility index (Phi) is 4.71. The van der Waals surface area contributed by atoms with Gasteiger partial charge in [0.05, 0.1) is 12.8 Å². The van der Waals surface area contributed by atoms with Gasteiger partial charge in [-0.15, -0.1) is 0 Å². The second-order valence-electron chi connectivity index (χ2n) is 6.17. The van der Waals surface area contributed by atoms with Gasteiger partial charge in [0.2, 0.25) is 0 Å². The number of hydrogen-bond acceptors (Lipinski definition) is 5. The third-order valence-electron chi connectivity index (χ3n) is 4.47. The maximum atomic E-state index is 13.4. The number of halogens is 2. The fourth-order valence-electron chi connectivity index (χ4n) is 3.06. The molecule has 8 heteroatoms. The lowest BCUT2D eigenvalue weighted by Crippen LogP contribution is -2.21. The molecule has 1 N–H and O–H groups in total. The number of ether oxygens (including phenoxy) is 1. The van der Waals surface area contributed by atoms with Gasteiger partial charge in [-0.05, 0) is 70.0 Å². The van der Waals surface area contributed by atoms with E-state index in [9.17, 15) is 19.1 Å². The number of aromatic hydroxyl groups is 1. The molecule has 4 aromatic rings. The molecule has 6 nitrogen and oxygen atoms in total. The molecule has 0 aliphatic heterocycles. The smallest absolute Gasteiger partial charge is 0.354 e. The van der Waals surface area contributed by atoms with Crippen molar-refractivity contribution >= 4 is 26.9 Å². The van der Waals surface area contributed by atoms with Crippen molar-refractivity contribution in [1.29, 1.82) is 0 Å². The first kappa shape index (κ1) is 18.9. The van der Waals surface area contributed by atoms with Crippen LogP contribution >= 0.6 is 15.9 Å². The molecular formula is C21H13BrFNO5. The van der Waals surface area contributed by atoms with E-state index in [1.54, 1.807) is 24.3 Å². The number of nitrogens with zero attached hydrogens (tertiary/aromatic N) is 1. The van der Waals surface area contributed by atoms with Crippen molar-refractivity contribution in [2.24, 2.45) is 0 Å². The molecule has 0 aliphatic carbocycles. The number of pyridine rings is 1. The third-order valence-corrected chi connectivity index (χ3v) is 5.17. The molecule has 0 fully saturated rings. The second kappa shape index (κ2) is 7.21. The van der Waals surface area contributed by atoms with Crippen LogP contribution in [-0.4, -0.2) is 16.8 Å². The summed E-state index contributed by atoms with van der Waals surface area (Å²) in [5.41, 5.74) is -0.136. The number of hydrogen-bond donors (Lipinski definition) is 1. The lowest BCUT2D eigenvalue weighted by atomic mass is 10.1. The molecule has 2 heterocycles. The van der Waals surface area contributed by atoms with Crippen molar-refractivity contribution in [3.8, 4) is 28.4 Å². The van der Waals surface area contributed by atoms with E-state index in [0.29, 0.717) is 22.7 Å². The van der Waals surface area contributed by atoms with Crippen LogP contribution in [0.25, 0.3) is 27.9 Å². The van der Waals surface area contributed by atoms with E-state index in [0.717, 1.165) is 0 Å². The molecule has 0 bridgehead atoms. The van der Waals surface area contributed by atoms with Gasteiger partial charge in [0.15, 0.2) is 5.75 Å². The molecule has 0 aliphatic rings. The van der Waals surface area contributed by atoms with Crippen molar-refractivity contribution in [2.45, 2.75) is 0 Å². The number of methoxy groups -OCH3 is 1. The highest BCUT2D eigenvalue weighted by Crippen LogP contribution is 2.31. The van der Waals surface area contributed by atoms with Crippen LogP contribution in [0.3, 0.4) is 0 Å². The second-order valence-corrected chi connectivity index (χ2v) is 6.96. The molecule has 29 heavy (non-hydrogen) atoms. The molecule has 2 aromatic carbocycles. The van der Waals surface area contributed by atoms with Crippen LogP contribution in [0.1, 0.15) is 0 Å². The maximum absolute atomic E-state index is 13.4. The van der Waals surface area contributed by atoms with Gasteiger partial charge >= 0.3 is 5.63 Å². The van der Waals surface area contributed by atoms with Crippen LogP contribution < -0.4 is 15.9 Å². The summed E-state index contributed by atoms with van der Waals surface area (Å²) in [7, 11) is 1.53. The summed E-state index contributed by atoms with van der Waals surface area (Å²) < 4.78 is 24.9. The SMILES string of the molecule is COc1ccc(-n2c(-c3ccc(F)cc3)cc3oc(=O)c(Br)c(O)c3c2=O)cc1. The molecule has 0 spiro atoms. The topological polar surface area (TPSA) is 81.7 Å². The van der Waals surface area contributed by atoms with Gasteiger partial charge in [0, 0.05) is 11.8 Å². The van der Waals surface area contributed by atoms with Gasteiger partial charge in [0.25, 0.3) is 5.56 Å². The average molecular weight is 458 g/mol. The Labute approximate surface area is 171 Å². The maximum Gasteiger partial charge on any atom is 0.354 e. The summed E-state index contributed by atoms with van der Waals surface area (Å²) in [6, 6.07) is 13.7. The number of rotatable bonds is 3. The summed E-state index contributed by atoms with van der Waals surface area (Å²) in [5, 5.41) is 10.2. The van der Waals surface area contributed by atoms with Crippen molar-refractivity contribution in [3.63, 3.8) is 0 Å². The lowest BCUT2D eigenvalue weighted by Gasteiger charge is -2.15. The standard InChI is InChI=1S/C21H13BrFNO5/c1-28-14-8-6-13(7-9-14)24-15(11-2-4-12(23)5-3-11)10-16-17(20(24)26)19(25)18(22)21(27)29-16/h2-10,25H,1H3. The Morgan fingerprint density at radius 2 is 1.72 bits per heavy atom. The minimum Gasteiger partial charge on any atom is -0.506 e. The third kappa shape index (κ3) is 3.21. The molecular weight excluding hydrogens is 445 g/mol. The van der Waals surface area contributed by atoms with Gasteiger partial charge in [0.1, 0.15) is 27.0 Å². The molecule has 146 valence electrons. The summed E-state index contributed by atoms with van der Waals surface area (Å²) >= 11 is 2.94. The summed E-state index contributed by atoms with van der Waals surface area (Å²) in [4.78, 5) is 25.3. The van der Waals surface area contributed by atoms with Crippen LogP contribution in [0, 0.1) is 5.82 Å². The molecule has 2 aromatic heterocycles. The van der Waals surface area contributed by atoms with E-state index in [1.807, 2.05) is 0 Å². The van der Waals surface area contributed by atoms with Crippen molar-refractivity contribution in [3.05, 3.63) is 85.7 Å². The van der Waals surface area contributed by atoms with E-state index >= 15 is 0 Å². The Balaban J connectivity index is 2.13. The monoisotopic (exact) mass is 457 g/mol. The quantitative estimate of drug-likeness (QED) is 0.497. The van der Waals surface area contributed by atoms with Crippen LogP contribution in [0.4, 0.5) is 4.39 Å². The van der Waals surface area contributed by atoms with Crippen molar-refractivity contribution in [2.75, 3.05) is 7.11 Å².